The van der Waals surface area contributed by atoms with Crippen LogP contribution in [0.2, 0.25) is 0 Å². The lowest BCUT2D eigenvalue weighted by Crippen LogP contribution is -2.43. The summed E-state index contributed by atoms with van der Waals surface area (Å²) in [7, 11) is 1.70. The van der Waals surface area contributed by atoms with Gasteiger partial charge in [0, 0.05) is 31.9 Å². The molecule has 1 aliphatic heterocycles. The molecule has 1 N–H and O–H groups in total. The first kappa shape index (κ1) is 14.1. The van der Waals surface area contributed by atoms with E-state index >= 15 is 0 Å². The number of benzene rings is 1. The van der Waals surface area contributed by atoms with Gasteiger partial charge in [0.25, 0.3) is 0 Å². The maximum atomic E-state index is 5.89. The highest BCUT2D eigenvalue weighted by Crippen LogP contribution is 2.17. The Bertz CT molecular complexity index is 556. The van der Waals surface area contributed by atoms with Crippen LogP contribution < -0.4 is 4.74 Å². The second-order valence-electron chi connectivity index (χ2n) is 5.32. The van der Waals surface area contributed by atoms with Crippen LogP contribution >= 0.6 is 0 Å². The molecule has 112 valence electrons. The molecular formula is C16H21N3O2. The van der Waals surface area contributed by atoms with Crippen LogP contribution in [0.15, 0.2) is 36.7 Å². The molecule has 0 aliphatic carbocycles. The Balaban J connectivity index is 1.58. The summed E-state index contributed by atoms with van der Waals surface area (Å²) in [5.74, 6) is 1.91. The highest BCUT2D eigenvalue weighted by atomic mass is 16.5. The first-order valence-electron chi connectivity index (χ1n) is 7.28. The van der Waals surface area contributed by atoms with E-state index in [0.717, 1.165) is 44.2 Å². The number of nitrogens with zero attached hydrogens (tertiary/aromatic N) is 2. The average molecular weight is 287 g/mol. The second-order valence-corrected chi connectivity index (χ2v) is 5.32. The van der Waals surface area contributed by atoms with Gasteiger partial charge in [-0.05, 0) is 17.7 Å². The maximum Gasteiger partial charge on any atom is 0.120 e. The van der Waals surface area contributed by atoms with E-state index in [2.05, 4.69) is 27.0 Å². The van der Waals surface area contributed by atoms with Crippen molar-refractivity contribution in [3.63, 3.8) is 0 Å². The maximum absolute atomic E-state index is 5.89. The van der Waals surface area contributed by atoms with Crippen molar-refractivity contribution < 1.29 is 9.47 Å². The fourth-order valence-corrected chi connectivity index (χ4v) is 2.71. The van der Waals surface area contributed by atoms with Crippen LogP contribution in [0, 0.1) is 0 Å². The molecule has 1 atom stereocenters. The quantitative estimate of drug-likeness (QED) is 0.912. The molecule has 1 aromatic heterocycles. The van der Waals surface area contributed by atoms with Crippen molar-refractivity contribution in [2.45, 2.75) is 19.1 Å². The Morgan fingerprint density at radius 1 is 1.48 bits per heavy atom. The van der Waals surface area contributed by atoms with Crippen molar-refractivity contribution in [1.29, 1.82) is 0 Å². The van der Waals surface area contributed by atoms with Gasteiger partial charge in [0.15, 0.2) is 0 Å². The van der Waals surface area contributed by atoms with Crippen LogP contribution in [0.3, 0.4) is 0 Å². The SMILES string of the molecule is COc1cccc(CC2CN(Cc3ncc[nH]3)CCO2)c1. The number of aromatic nitrogens is 2. The van der Waals surface area contributed by atoms with Crippen LogP contribution in [0.25, 0.3) is 0 Å². The number of hydrogen-bond donors (Lipinski definition) is 1. The molecule has 2 heterocycles. The summed E-state index contributed by atoms with van der Waals surface area (Å²) in [6, 6.07) is 8.19. The summed E-state index contributed by atoms with van der Waals surface area (Å²) < 4.78 is 11.2. The number of H-pyrrole nitrogens is 1. The number of imidazole rings is 1. The van der Waals surface area contributed by atoms with Gasteiger partial charge in [0.05, 0.1) is 26.4 Å². The zero-order valence-corrected chi connectivity index (χ0v) is 12.3. The van der Waals surface area contributed by atoms with E-state index in [9.17, 15) is 0 Å². The number of ether oxygens (including phenoxy) is 2. The van der Waals surface area contributed by atoms with Gasteiger partial charge < -0.3 is 14.5 Å². The number of nitrogens with one attached hydrogen (secondary N) is 1. The van der Waals surface area contributed by atoms with E-state index in [1.54, 1.807) is 13.3 Å². The molecule has 1 aromatic carbocycles. The minimum Gasteiger partial charge on any atom is -0.497 e. The smallest absolute Gasteiger partial charge is 0.120 e. The predicted octanol–water partition coefficient (Wildman–Crippen LogP) is 1.86. The van der Waals surface area contributed by atoms with Crippen molar-refractivity contribution in [2.24, 2.45) is 0 Å². The molecule has 2 aromatic rings. The van der Waals surface area contributed by atoms with Crippen molar-refractivity contribution in [3.05, 3.63) is 48.0 Å². The number of methoxy groups -OCH3 is 1. The van der Waals surface area contributed by atoms with Gasteiger partial charge in [0.1, 0.15) is 11.6 Å². The zero-order chi connectivity index (χ0) is 14.5. The standard InChI is InChI=1S/C16H21N3O2/c1-20-14-4-2-3-13(9-14)10-15-11-19(7-8-21-15)12-16-17-5-6-18-16/h2-6,9,15H,7-8,10-12H2,1H3,(H,17,18). The Morgan fingerprint density at radius 2 is 2.43 bits per heavy atom. The highest BCUT2D eigenvalue weighted by molar-refractivity contribution is 5.28. The van der Waals surface area contributed by atoms with Gasteiger partial charge in [-0.1, -0.05) is 12.1 Å². The third kappa shape index (κ3) is 3.83. The number of hydrogen-bond acceptors (Lipinski definition) is 4. The number of rotatable bonds is 5. The summed E-state index contributed by atoms with van der Waals surface area (Å²) >= 11 is 0. The van der Waals surface area contributed by atoms with Gasteiger partial charge in [-0.2, -0.15) is 0 Å². The third-order valence-corrected chi connectivity index (χ3v) is 3.75. The van der Waals surface area contributed by atoms with E-state index in [1.807, 2.05) is 18.3 Å². The lowest BCUT2D eigenvalue weighted by atomic mass is 10.1. The van der Waals surface area contributed by atoms with Gasteiger partial charge >= 0.3 is 0 Å². The average Bonchev–Trinajstić information content (AvgIpc) is 3.01. The summed E-state index contributed by atoms with van der Waals surface area (Å²) in [5.41, 5.74) is 1.25. The highest BCUT2D eigenvalue weighted by Gasteiger charge is 2.21. The van der Waals surface area contributed by atoms with Gasteiger partial charge in [-0.3, -0.25) is 4.90 Å². The zero-order valence-electron chi connectivity index (χ0n) is 12.3. The Morgan fingerprint density at radius 3 is 3.24 bits per heavy atom. The summed E-state index contributed by atoms with van der Waals surface area (Å²) in [6.45, 7) is 3.51. The van der Waals surface area contributed by atoms with Crippen LogP contribution in [0.4, 0.5) is 0 Å². The Hall–Kier alpha value is -1.85. The van der Waals surface area contributed by atoms with E-state index in [4.69, 9.17) is 9.47 Å². The topological polar surface area (TPSA) is 50.4 Å². The molecule has 0 saturated carbocycles. The minimum absolute atomic E-state index is 0.223. The summed E-state index contributed by atoms with van der Waals surface area (Å²) in [4.78, 5) is 9.82. The fraction of sp³-hybridized carbons (Fsp3) is 0.438. The molecule has 0 radical (unpaired) electrons. The summed E-state index contributed by atoms with van der Waals surface area (Å²) in [5, 5.41) is 0. The second kappa shape index (κ2) is 6.74. The molecule has 1 fully saturated rings. The lowest BCUT2D eigenvalue weighted by molar-refractivity contribution is -0.0311. The Kier molecular flexibility index (Phi) is 4.52. The van der Waals surface area contributed by atoms with Gasteiger partial charge in [0.2, 0.25) is 0 Å². The van der Waals surface area contributed by atoms with E-state index < -0.39 is 0 Å². The van der Waals surface area contributed by atoms with E-state index in [0.29, 0.717) is 0 Å². The molecule has 0 bridgehead atoms. The first-order chi connectivity index (χ1) is 10.3. The molecule has 5 nitrogen and oxygen atoms in total. The summed E-state index contributed by atoms with van der Waals surface area (Å²) in [6.07, 6.45) is 4.79. The molecule has 5 heteroatoms. The Labute approximate surface area is 124 Å². The first-order valence-corrected chi connectivity index (χ1v) is 7.28. The van der Waals surface area contributed by atoms with Crippen molar-refractivity contribution in [1.82, 2.24) is 14.9 Å². The van der Waals surface area contributed by atoms with Crippen LogP contribution in [0.5, 0.6) is 5.75 Å². The molecule has 1 saturated heterocycles. The number of aromatic amines is 1. The van der Waals surface area contributed by atoms with Crippen LogP contribution in [-0.4, -0.2) is 47.8 Å². The van der Waals surface area contributed by atoms with Crippen molar-refractivity contribution >= 4 is 0 Å². The third-order valence-electron chi connectivity index (χ3n) is 3.75. The van der Waals surface area contributed by atoms with Crippen molar-refractivity contribution in [3.8, 4) is 5.75 Å². The normalized spacial score (nSPS) is 19.6. The molecule has 1 aliphatic rings. The predicted molar refractivity (Wildman–Crippen MR) is 80.3 cm³/mol. The molecule has 1 unspecified atom stereocenters. The largest absolute Gasteiger partial charge is 0.497 e. The lowest BCUT2D eigenvalue weighted by Gasteiger charge is -2.32. The number of morpholine rings is 1. The van der Waals surface area contributed by atoms with Gasteiger partial charge in [-0.25, -0.2) is 4.98 Å². The minimum atomic E-state index is 0.223. The van der Waals surface area contributed by atoms with Crippen molar-refractivity contribution in [2.75, 3.05) is 26.8 Å². The van der Waals surface area contributed by atoms with Crippen LogP contribution in [0.1, 0.15) is 11.4 Å². The monoisotopic (exact) mass is 287 g/mol. The molecule has 21 heavy (non-hydrogen) atoms. The molecule has 0 spiro atoms. The van der Waals surface area contributed by atoms with E-state index in [1.165, 1.54) is 5.56 Å². The van der Waals surface area contributed by atoms with Gasteiger partial charge in [-0.15, -0.1) is 0 Å². The molecule has 0 amide bonds. The fourth-order valence-electron chi connectivity index (χ4n) is 2.71. The van der Waals surface area contributed by atoms with Crippen LogP contribution in [-0.2, 0) is 17.7 Å². The molecule has 3 rings (SSSR count). The molecular weight excluding hydrogens is 266 g/mol. The van der Waals surface area contributed by atoms with E-state index in [-0.39, 0.29) is 6.10 Å².